The molecule has 0 saturated carbocycles. The molecule has 0 atom stereocenters. The third-order valence-corrected chi connectivity index (χ3v) is 5.98. The number of carbonyl (C=O) groups is 2. The Morgan fingerprint density at radius 3 is 2.58 bits per heavy atom. The number of nitrogens with one attached hydrogen (secondary N) is 1. The van der Waals surface area contributed by atoms with Crippen LogP contribution in [0.5, 0.6) is 11.5 Å². The zero-order valence-corrected chi connectivity index (χ0v) is 18.3. The molecule has 0 saturated heterocycles. The predicted octanol–water partition coefficient (Wildman–Crippen LogP) is 5.65. The van der Waals surface area contributed by atoms with Crippen molar-refractivity contribution in [3.63, 3.8) is 0 Å². The molecule has 1 N–H and O–H groups in total. The van der Waals surface area contributed by atoms with E-state index in [9.17, 15) is 22.8 Å². The number of hydrogen-bond acceptors (Lipinski definition) is 6. The number of ether oxygens (including phenoxy) is 3. The molecule has 4 rings (SSSR count). The van der Waals surface area contributed by atoms with Gasteiger partial charge in [-0.05, 0) is 48.0 Å². The lowest BCUT2D eigenvalue weighted by Crippen LogP contribution is -2.22. The quantitative estimate of drug-likeness (QED) is 0.461. The van der Waals surface area contributed by atoms with Crippen LogP contribution in [-0.2, 0) is 15.7 Å². The number of thiophene rings is 1. The van der Waals surface area contributed by atoms with E-state index in [0.717, 1.165) is 33.9 Å². The van der Waals surface area contributed by atoms with Crippen LogP contribution in [0.1, 0.15) is 15.2 Å². The molecule has 0 unspecified atom stereocenters. The first-order valence-corrected chi connectivity index (χ1v) is 10.7. The number of benzene rings is 2. The second kappa shape index (κ2) is 9.32. The van der Waals surface area contributed by atoms with Crippen LogP contribution in [0, 0.1) is 0 Å². The smallest absolute Gasteiger partial charge is 0.418 e. The Hall–Kier alpha value is -3.24. The lowest BCUT2D eigenvalue weighted by Gasteiger charge is -2.18. The number of amides is 1. The molecule has 0 radical (unpaired) electrons. The summed E-state index contributed by atoms with van der Waals surface area (Å²) in [5.74, 6) is -0.495. The number of halogens is 4. The van der Waals surface area contributed by atoms with Gasteiger partial charge in [-0.3, -0.25) is 4.79 Å². The Labute approximate surface area is 194 Å². The lowest BCUT2D eigenvalue weighted by molar-refractivity contribution is -0.137. The molecule has 2 aromatic carbocycles. The average molecular weight is 498 g/mol. The van der Waals surface area contributed by atoms with E-state index >= 15 is 0 Å². The van der Waals surface area contributed by atoms with Gasteiger partial charge in [-0.15, -0.1) is 11.3 Å². The summed E-state index contributed by atoms with van der Waals surface area (Å²) in [5.41, 5.74) is -0.888. The molecular weight excluding hydrogens is 483 g/mol. The highest BCUT2D eigenvalue weighted by Gasteiger charge is 2.34. The van der Waals surface area contributed by atoms with Gasteiger partial charge in [-0.25, -0.2) is 4.79 Å². The molecule has 33 heavy (non-hydrogen) atoms. The molecule has 0 spiro atoms. The monoisotopic (exact) mass is 497 g/mol. The second-order valence-electron chi connectivity index (χ2n) is 6.81. The number of esters is 1. The van der Waals surface area contributed by atoms with E-state index in [0.29, 0.717) is 24.7 Å². The van der Waals surface area contributed by atoms with Gasteiger partial charge in [0.2, 0.25) is 0 Å². The van der Waals surface area contributed by atoms with E-state index in [1.165, 1.54) is 12.1 Å². The van der Waals surface area contributed by atoms with E-state index in [2.05, 4.69) is 5.32 Å². The molecule has 0 fully saturated rings. The number of hydrogen-bond donors (Lipinski definition) is 1. The first-order chi connectivity index (χ1) is 15.7. The van der Waals surface area contributed by atoms with Crippen molar-refractivity contribution in [2.24, 2.45) is 0 Å². The summed E-state index contributed by atoms with van der Waals surface area (Å²) in [7, 11) is 0. The van der Waals surface area contributed by atoms with Gasteiger partial charge in [-0.2, -0.15) is 13.2 Å². The van der Waals surface area contributed by atoms with Crippen LogP contribution >= 0.6 is 22.9 Å². The van der Waals surface area contributed by atoms with Crippen LogP contribution in [0.4, 0.5) is 18.9 Å². The Balaban J connectivity index is 1.39. The molecule has 1 aromatic heterocycles. The summed E-state index contributed by atoms with van der Waals surface area (Å²) in [5, 5.41) is 1.78. The maximum Gasteiger partial charge on any atom is 0.418 e. The predicted molar refractivity (Wildman–Crippen MR) is 116 cm³/mol. The summed E-state index contributed by atoms with van der Waals surface area (Å²) in [6.45, 7) is 0.140. The van der Waals surface area contributed by atoms with Crippen LogP contribution in [0.3, 0.4) is 0 Å². The number of rotatable bonds is 5. The van der Waals surface area contributed by atoms with Crippen molar-refractivity contribution in [1.29, 1.82) is 0 Å². The molecule has 6 nitrogen and oxygen atoms in total. The van der Waals surface area contributed by atoms with Gasteiger partial charge in [0.05, 0.1) is 16.3 Å². The number of anilines is 1. The number of alkyl halides is 3. The van der Waals surface area contributed by atoms with Crippen LogP contribution in [0.15, 0.2) is 48.5 Å². The van der Waals surface area contributed by atoms with Crippen molar-refractivity contribution in [1.82, 2.24) is 0 Å². The van der Waals surface area contributed by atoms with Gasteiger partial charge >= 0.3 is 12.1 Å². The zero-order valence-electron chi connectivity index (χ0n) is 16.7. The van der Waals surface area contributed by atoms with E-state index in [4.69, 9.17) is 25.8 Å². The standard InChI is InChI=1S/C22H15ClF3NO5S/c23-14-3-1-2-13(22(24,25)26)20(14)27-19(28)11-32-21(29)18-7-6-17(33-18)12-4-5-15-16(10-12)31-9-8-30-15/h1-7,10H,8-9,11H2,(H,27,28). The van der Waals surface area contributed by atoms with Crippen molar-refractivity contribution < 1.29 is 37.0 Å². The fourth-order valence-corrected chi connectivity index (χ4v) is 4.18. The molecule has 1 aliphatic heterocycles. The Morgan fingerprint density at radius 2 is 1.82 bits per heavy atom. The maximum atomic E-state index is 13.1. The first-order valence-electron chi connectivity index (χ1n) is 9.55. The van der Waals surface area contributed by atoms with Crippen molar-refractivity contribution >= 4 is 40.5 Å². The summed E-state index contributed by atoms with van der Waals surface area (Å²) < 4.78 is 55.4. The van der Waals surface area contributed by atoms with E-state index in [1.807, 2.05) is 6.07 Å². The highest BCUT2D eigenvalue weighted by Crippen LogP contribution is 2.39. The molecule has 11 heteroatoms. The largest absolute Gasteiger partial charge is 0.486 e. The van der Waals surface area contributed by atoms with Crippen molar-refractivity contribution in [2.75, 3.05) is 25.1 Å². The van der Waals surface area contributed by atoms with Gasteiger partial charge in [0.15, 0.2) is 18.1 Å². The second-order valence-corrected chi connectivity index (χ2v) is 8.30. The average Bonchev–Trinajstić information content (AvgIpc) is 3.28. The molecule has 0 bridgehead atoms. The molecule has 1 amide bonds. The summed E-state index contributed by atoms with van der Waals surface area (Å²) in [6, 6.07) is 11.8. The summed E-state index contributed by atoms with van der Waals surface area (Å²) in [6.07, 6.45) is -4.72. The fraction of sp³-hybridized carbons (Fsp3) is 0.182. The minimum absolute atomic E-state index is 0.224. The maximum absolute atomic E-state index is 13.1. The topological polar surface area (TPSA) is 73.9 Å². The van der Waals surface area contributed by atoms with Crippen molar-refractivity contribution in [3.05, 3.63) is 64.0 Å². The van der Waals surface area contributed by atoms with Gasteiger partial charge in [-0.1, -0.05) is 17.7 Å². The van der Waals surface area contributed by atoms with Crippen molar-refractivity contribution in [3.8, 4) is 21.9 Å². The molecular formula is C22H15ClF3NO5S. The summed E-state index contributed by atoms with van der Waals surface area (Å²) >= 11 is 6.94. The van der Waals surface area contributed by atoms with Crippen LogP contribution < -0.4 is 14.8 Å². The molecule has 172 valence electrons. The summed E-state index contributed by atoms with van der Waals surface area (Å²) in [4.78, 5) is 25.4. The van der Waals surface area contributed by atoms with Crippen molar-refractivity contribution in [2.45, 2.75) is 6.18 Å². The van der Waals surface area contributed by atoms with Gasteiger partial charge < -0.3 is 19.5 Å². The van der Waals surface area contributed by atoms with E-state index in [1.54, 1.807) is 18.2 Å². The lowest BCUT2D eigenvalue weighted by atomic mass is 10.1. The third-order valence-electron chi connectivity index (χ3n) is 4.55. The highest BCUT2D eigenvalue weighted by atomic mass is 35.5. The normalized spacial score (nSPS) is 12.8. The number of para-hydroxylation sites is 1. The minimum Gasteiger partial charge on any atom is -0.486 e. The van der Waals surface area contributed by atoms with Gasteiger partial charge in [0, 0.05) is 4.88 Å². The molecule has 2 heterocycles. The van der Waals surface area contributed by atoms with E-state index < -0.39 is 35.9 Å². The van der Waals surface area contributed by atoms with E-state index in [-0.39, 0.29) is 9.90 Å². The fourth-order valence-electron chi connectivity index (χ4n) is 3.06. The Kier molecular flexibility index (Phi) is 6.48. The minimum atomic E-state index is -4.72. The SMILES string of the molecule is O=C(COC(=O)c1ccc(-c2ccc3c(c2)OCCO3)s1)Nc1c(Cl)cccc1C(F)(F)F. The number of fused-ring (bicyclic) bond motifs is 1. The Morgan fingerprint density at radius 1 is 1.06 bits per heavy atom. The van der Waals surface area contributed by atoms with Crippen LogP contribution in [0.2, 0.25) is 5.02 Å². The molecule has 3 aromatic rings. The third kappa shape index (κ3) is 5.23. The van der Waals surface area contributed by atoms with Gasteiger partial charge in [0.1, 0.15) is 18.1 Å². The Bertz CT molecular complexity index is 1210. The van der Waals surface area contributed by atoms with Crippen LogP contribution in [-0.4, -0.2) is 31.7 Å². The first kappa shape index (κ1) is 22.9. The molecule has 1 aliphatic rings. The van der Waals surface area contributed by atoms with Crippen LogP contribution in [0.25, 0.3) is 10.4 Å². The zero-order chi connectivity index (χ0) is 23.6. The van der Waals surface area contributed by atoms with Gasteiger partial charge in [0.25, 0.3) is 5.91 Å². The number of carbonyl (C=O) groups excluding carboxylic acids is 2. The highest BCUT2D eigenvalue weighted by molar-refractivity contribution is 7.17. The molecule has 0 aliphatic carbocycles.